The topological polar surface area (TPSA) is 58.6 Å². The smallest absolute Gasteiger partial charge is 0.324 e. The van der Waals surface area contributed by atoms with Gasteiger partial charge in [-0.15, -0.1) is 0 Å². The van der Waals surface area contributed by atoms with E-state index in [2.05, 4.69) is 26.1 Å². The van der Waals surface area contributed by atoms with Crippen molar-refractivity contribution < 1.29 is 14.6 Å². The molecule has 1 saturated heterocycles. The van der Waals surface area contributed by atoms with E-state index in [0.29, 0.717) is 32.6 Å². The van der Waals surface area contributed by atoms with Crippen LogP contribution in [-0.2, 0) is 9.53 Å². The number of nitrogens with one attached hydrogen (secondary N) is 1. The van der Waals surface area contributed by atoms with E-state index < -0.39 is 11.5 Å². The van der Waals surface area contributed by atoms with Crippen molar-refractivity contribution in [3.8, 4) is 0 Å². The molecule has 1 aliphatic rings. The first kappa shape index (κ1) is 12.5. The summed E-state index contributed by atoms with van der Waals surface area (Å²) in [6, 6.07) is 0. The lowest BCUT2D eigenvalue weighted by molar-refractivity contribution is -0.149. The van der Waals surface area contributed by atoms with Gasteiger partial charge in [-0.05, 0) is 18.3 Å². The second-order valence-corrected chi connectivity index (χ2v) is 5.41. The fourth-order valence-electron chi connectivity index (χ4n) is 1.62. The van der Waals surface area contributed by atoms with E-state index in [0.717, 1.165) is 0 Å². The lowest BCUT2D eigenvalue weighted by atomic mass is 9.87. The van der Waals surface area contributed by atoms with Crippen molar-refractivity contribution in [1.29, 1.82) is 0 Å². The van der Waals surface area contributed by atoms with E-state index in [9.17, 15) is 9.90 Å². The minimum Gasteiger partial charge on any atom is -0.480 e. The van der Waals surface area contributed by atoms with Gasteiger partial charge in [-0.3, -0.25) is 4.79 Å². The molecule has 0 bridgehead atoms. The molecule has 2 N–H and O–H groups in total. The third kappa shape index (κ3) is 3.47. The standard InChI is InChI=1S/C11H21NO3/c1-10(2,3)8-12-11(9(13)14)4-6-15-7-5-11/h12H,4-8H2,1-3H3,(H,13,14). The Balaban J connectivity index is 2.61. The Morgan fingerprint density at radius 2 is 1.93 bits per heavy atom. The van der Waals surface area contributed by atoms with Crippen molar-refractivity contribution in [1.82, 2.24) is 5.32 Å². The highest BCUT2D eigenvalue weighted by Crippen LogP contribution is 2.23. The van der Waals surface area contributed by atoms with Crippen molar-refractivity contribution in [2.75, 3.05) is 19.8 Å². The zero-order chi connectivity index (χ0) is 11.5. The molecule has 15 heavy (non-hydrogen) atoms. The maximum Gasteiger partial charge on any atom is 0.324 e. The summed E-state index contributed by atoms with van der Waals surface area (Å²) >= 11 is 0. The Hall–Kier alpha value is -0.610. The molecule has 0 aromatic heterocycles. The van der Waals surface area contributed by atoms with Crippen molar-refractivity contribution in [3.05, 3.63) is 0 Å². The average molecular weight is 215 g/mol. The zero-order valence-electron chi connectivity index (χ0n) is 9.80. The minimum absolute atomic E-state index is 0.0980. The van der Waals surface area contributed by atoms with Crippen molar-refractivity contribution in [2.45, 2.75) is 39.2 Å². The van der Waals surface area contributed by atoms with E-state index in [1.54, 1.807) is 0 Å². The van der Waals surface area contributed by atoms with E-state index in [-0.39, 0.29) is 5.41 Å². The van der Waals surface area contributed by atoms with Gasteiger partial charge in [-0.1, -0.05) is 20.8 Å². The molecule has 0 aromatic rings. The number of carboxylic acids is 1. The van der Waals surface area contributed by atoms with Gasteiger partial charge in [-0.2, -0.15) is 0 Å². The summed E-state index contributed by atoms with van der Waals surface area (Å²) in [4.78, 5) is 11.3. The van der Waals surface area contributed by atoms with Gasteiger partial charge in [0.2, 0.25) is 0 Å². The number of hydrogen-bond donors (Lipinski definition) is 2. The summed E-state index contributed by atoms with van der Waals surface area (Å²) in [6.45, 7) is 8.05. The zero-order valence-corrected chi connectivity index (χ0v) is 9.80. The van der Waals surface area contributed by atoms with Crippen LogP contribution in [0.15, 0.2) is 0 Å². The number of carbonyl (C=O) groups is 1. The molecule has 0 aliphatic carbocycles. The predicted molar refractivity (Wildman–Crippen MR) is 57.9 cm³/mol. The highest BCUT2D eigenvalue weighted by Gasteiger charge is 2.40. The number of carboxylic acid groups (broad SMARTS) is 1. The maximum absolute atomic E-state index is 11.3. The van der Waals surface area contributed by atoms with Gasteiger partial charge in [0.25, 0.3) is 0 Å². The van der Waals surface area contributed by atoms with Crippen LogP contribution in [0.2, 0.25) is 0 Å². The van der Waals surface area contributed by atoms with Crippen molar-refractivity contribution >= 4 is 5.97 Å². The first-order chi connectivity index (χ1) is 6.86. The summed E-state index contributed by atoms with van der Waals surface area (Å²) in [5, 5.41) is 12.5. The van der Waals surface area contributed by atoms with Crippen LogP contribution in [0.25, 0.3) is 0 Å². The number of ether oxygens (including phenoxy) is 1. The largest absolute Gasteiger partial charge is 0.480 e. The van der Waals surface area contributed by atoms with Gasteiger partial charge in [0.05, 0.1) is 0 Å². The molecule has 0 saturated carbocycles. The normalized spacial score (nSPS) is 21.3. The molecule has 0 radical (unpaired) electrons. The first-order valence-electron chi connectivity index (χ1n) is 5.42. The Bertz CT molecular complexity index is 226. The van der Waals surface area contributed by atoms with Crippen LogP contribution in [-0.4, -0.2) is 36.4 Å². The van der Waals surface area contributed by atoms with Crippen LogP contribution in [0.3, 0.4) is 0 Å². The van der Waals surface area contributed by atoms with Crippen molar-refractivity contribution in [2.24, 2.45) is 5.41 Å². The third-order valence-electron chi connectivity index (χ3n) is 2.71. The predicted octanol–water partition coefficient (Wildman–Crippen LogP) is 1.26. The number of rotatable bonds is 3. The summed E-state index contributed by atoms with van der Waals surface area (Å²) in [5.41, 5.74) is -0.674. The molecule has 0 atom stereocenters. The van der Waals surface area contributed by atoms with Crippen LogP contribution in [0.5, 0.6) is 0 Å². The molecule has 1 heterocycles. The molecule has 0 amide bonds. The summed E-state index contributed by atoms with van der Waals surface area (Å²) < 4.78 is 5.20. The Morgan fingerprint density at radius 1 is 1.40 bits per heavy atom. The molecular formula is C11H21NO3. The van der Waals surface area contributed by atoms with Crippen molar-refractivity contribution in [3.63, 3.8) is 0 Å². The summed E-state index contributed by atoms with van der Waals surface area (Å²) in [7, 11) is 0. The van der Waals surface area contributed by atoms with E-state index in [1.165, 1.54) is 0 Å². The van der Waals surface area contributed by atoms with Gasteiger partial charge in [0.15, 0.2) is 0 Å². The maximum atomic E-state index is 11.3. The fourth-order valence-corrected chi connectivity index (χ4v) is 1.62. The molecule has 88 valence electrons. The molecule has 1 fully saturated rings. The molecule has 4 heteroatoms. The molecule has 0 unspecified atom stereocenters. The first-order valence-corrected chi connectivity index (χ1v) is 5.42. The summed E-state index contributed by atoms with van der Waals surface area (Å²) in [5.74, 6) is -0.755. The average Bonchev–Trinajstić information content (AvgIpc) is 2.15. The molecule has 0 spiro atoms. The van der Waals surface area contributed by atoms with Gasteiger partial charge in [-0.25, -0.2) is 0 Å². The Kier molecular flexibility index (Phi) is 3.73. The quantitative estimate of drug-likeness (QED) is 0.744. The van der Waals surface area contributed by atoms with E-state index in [1.807, 2.05) is 0 Å². The Labute approximate surface area is 91.0 Å². The number of hydrogen-bond acceptors (Lipinski definition) is 3. The monoisotopic (exact) mass is 215 g/mol. The number of aliphatic carboxylic acids is 1. The van der Waals surface area contributed by atoms with Crippen LogP contribution >= 0.6 is 0 Å². The Morgan fingerprint density at radius 3 is 2.33 bits per heavy atom. The SMILES string of the molecule is CC(C)(C)CNC1(C(=O)O)CCOCC1. The fraction of sp³-hybridized carbons (Fsp3) is 0.909. The van der Waals surface area contributed by atoms with Crippen LogP contribution in [0.4, 0.5) is 0 Å². The van der Waals surface area contributed by atoms with E-state index in [4.69, 9.17) is 4.74 Å². The van der Waals surface area contributed by atoms with Gasteiger partial charge < -0.3 is 15.2 Å². The van der Waals surface area contributed by atoms with E-state index >= 15 is 0 Å². The summed E-state index contributed by atoms with van der Waals surface area (Å²) in [6.07, 6.45) is 1.11. The molecule has 0 aromatic carbocycles. The van der Waals surface area contributed by atoms with Crippen LogP contribution in [0.1, 0.15) is 33.6 Å². The molecular weight excluding hydrogens is 194 g/mol. The minimum atomic E-state index is -0.772. The molecule has 1 rings (SSSR count). The van der Waals surface area contributed by atoms with Gasteiger partial charge >= 0.3 is 5.97 Å². The molecule has 4 nitrogen and oxygen atoms in total. The highest BCUT2D eigenvalue weighted by atomic mass is 16.5. The lowest BCUT2D eigenvalue weighted by Crippen LogP contribution is -2.57. The lowest BCUT2D eigenvalue weighted by Gasteiger charge is -2.36. The molecule has 1 aliphatic heterocycles. The van der Waals surface area contributed by atoms with Gasteiger partial charge in [0.1, 0.15) is 5.54 Å². The van der Waals surface area contributed by atoms with Crippen LogP contribution < -0.4 is 5.32 Å². The second kappa shape index (κ2) is 4.49. The third-order valence-corrected chi connectivity index (χ3v) is 2.71. The van der Waals surface area contributed by atoms with Crippen LogP contribution in [0, 0.1) is 5.41 Å². The highest BCUT2D eigenvalue weighted by molar-refractivity contribution is 5.78. The van der Waals surface area contributed by atoms with Gasteiger partial charge in [0, 0.05) is 19.8 Å². The second-order valence-electron chi connectivity index (χ2n) is 5.41.